The van der Waals surface area contributed by atoms with Gasteiger partial charge in [-0.1, -0.05) is 19.1 Å². The van der Waals surface area contributed by atoms with Crippen molar-refractivity contribution in [2.45, 2.75) is 19.9 Å². The highest BCUT2D eigenvalue weighted by Gasteiger charge is 2.31. The normalized spacial score (nSPS) is 24.1. The van der Waals surface area contributed by atoms with Crippen LogP contribution >= 0.6 is 0 Å². The van der Waals surface area contributed by atoms with Gasteiger partial charge in [0.2, 0.25) is 5.91 Å². The van der Waals surface area contributed by atoms with Crippen LogP contribution in [0.3, 0.4) is 0 Å². The second-order valence-electron chi connectivity index (χ2n) is 8.08. The number of benzene rings is 1. The Morgan fingerprint density at radius 3 is 2.36 bits per heavy atom. The Hall–Kier alpha value is -2.12. The Balaban J connectivity index is 1.45. The van der Waals surface area contributed by atoms with Crippen molar-refractivity contribution >= 4 is 11.9 Å². The molecular weight excluding hydrogens is 358 g/mol. The highest BCUT2D eigenvalue weighted by atomic mass is 16.5. The molecule has 1 aromatic carbocycles. The summed E-state index contributed by atoms with van der Waals surface area (Å²) in [4.78, 5) is 30.3. The lowest BCUT2D eigenvalue weighted by Gasteiger charge is -2.38. The van der Waals surface area contributed by atoms with E-state index in [4.69, 9.17) is 4.74 Å². The van der Waals surface area contributed by atoms with Gasteiger partial charge in [0.1, 0.15) is 5.75 Å². The molecule has 1 aromatic rings. The van der Waals surface area contributed by atoms with Crippen molar-refractivity contribution in [2.75, 3.05) is 52.9 Å². The van der Waals surface area contributed by atoms with Gasteiger partial charge in [0.15, 0.2) is 0 Å². The van der Waals surface area contributed by atoms with Crippen molar-refractivity contribution < 1.29 is 19.4 Å². The number of carboxylic acid groups (broad SMARTS) is 1. The third-order valence-electron chi connectivity index (χ3n) is 5.73. The third-order valence-corrected chi connectivity index (χ3v) is 5.73. The molecule has 0 aliphatic carbocycles. The lowest BCUT2D eigenvalue weighted by molar-refractivity contribution is -0.146. The number of ether oxygens (including phenoxy) is 1. The standard InChI is InChI=1S/C21H31N3O4/c1-16-11-18(21(26)27)14-23(12-16)15-20(25)24-9-7-22(8-10-24)13-17-3-5-19(28-2)6-4-17/h3-6,16,18H,7-15H2,1-2H3,(H,26,27). The van der Waals surface area contributed by atoms with Gasteiger partial charge in [-0.3, -0.25) is 19.4 Å². The molecule has 154 valence electrons. The smallest absolute Gasteiger partial charge is 0.307 e. The molecule has 2 unspecified atom stereocenters. The third kappa shape index (κ3) is 5.45. The summed E-state index contributed by atoms with van der Waals surface area (Å²) >= 11 is 0. The maximum Gasteiger partial charge on any atom is 0.307 e. The molecule has 0 radical (unpaired) electrons. The Morgan fingerprint density at radius 1 is 1.07 bits per heavy atom. The topological polar surface area (TPSA) is 73.3 Å². The number of piperidine rings is 1. The number of hydrogen-bond donors (Lipinski definition) is 1. The maximum absolute atomic E-state index is 12.7. The Bertz CT molecular complexity index is 671. The SMILES string of the molecule is COc1ccc(CN2CCN(C(=O)CN3CC(C)CC(C(=O)O)C3)CC2)cc1. The molecule has 1 amide bonds. The second kappa shape index (κ2) is 9.39. The molecule has 0 saturated carbocycles. The summed E-state index contributed by atoms with van der Waals surface area (Å²) < 4.78 is 5.19. The van der Waals surface area contributed by atoms with E-state index in [2.05, 4.69) is 24.0 Å². The van der Waals surface area contributed by atoms with Gasteiger partial charge >= 0.3 is 5.97 Å². The molecule has 7 heteroatoms. The zero-order valence-corrected chi connectivity index (χ0v) is 16.8. The largest absolute Gasteiger partial charge is 0.497 e. The number of rotatable bonds is 6. The van der Waals surface area contributed by atoms with Crippen LogP contribution in [0.15, 0.2) is 24.3 Å². The highest BCUT2D eigenvalue weighted by molar-refractivity contribution is 5.78. The quantitative estimate of drug-likeness (QED) is 0.793. The van der Waals surface area contributed by atoms with Crippen LogP contribution in [0.4, 0.5) is 0 Å². The molecule has 2 heterocycles. The summed E-state index contributed by atoms with van der Waals surface area (Å²) in [5, 5.41) is 9.30. The second-order valence-corrected chi connectivity index (χ2v) is 8.08. The highest BCUT2D eigenvalue weighted by Crippen LogP contribution is 2.22. The summed E-state index contributed by atoms with van der Waals surface area (Å²) in [5.41, 5.74) is 1.24. The molecule has 2 atom stereocenters. The van der Waals surface area contributed by atoms with Crippen LogP contribution in [0.1, 0.15) is 18.9 Å². The number of amides is 1. The molecule has 7 nitrogen and oxygen atoms in total. The first kappa shape index (κ1) is 20.6. The zero-order valence-electron chi connectivity index (χ0n) is 16.8. The first-order valence-corrected chi connectivity index (χ1v) is 10.0. The average Bonchev–Trinajstić information content (AvgIpc) is 2.68. The van der Waals surface area contributed by atoms with Crippen molar-refractivity contribution in [1.82, 2.24) is 14.7 Å². The molecule has 0 spiro atoms. The van der Waals surface area contributed by atoms with E-state index in [0.29, 0.717) is 25.4 Å². The molecule has 0 aromatic heterocycles. The minimum Gasteiger partial charge on any atom is -0.497 e. The Kier molecular flexibility index (Phi) is 6.91. The van der Waals surface area contributed by atoms with E-state index >= 15 is 0 Å². The van der Waals surface area contributed by atoms with Crippen LogP contribution in [0.5, 0.6) is 5.75 Å². The number of piperazine rings is 1. The lowest BCUT2D eigenvalue weighted by Crippen LogP contribution is -2.52. The minimum absolute atomic E-state index is 0.113. The van der Waals surface area contributed by atoms with Crippen LogP contribution in [-0.4, -0.2) is 84.6 Å². The molecule has 1 N–H and O–H groups in total. The molecule has 2 saturated heterocycles. The molecule has 2 aliphatic heterocycles. The van der Waals surface area contributed by atoms with Gasteiger partial charge in [0, 0.05) is 45.8 Å². The number of carboxylic acids is 1. The van der Waals surface area contributed by atoms with Crippen molar-refractivity contribution in [3.63, 3.8) is 0 Å². The molecule has 28 heavy (non-hydrogen) atoms. The van der Waals surface area contributed by atoms with Crippen molar-refractivity contribution in [3.05, 3.63) is 29.8 Å². The summed E-state index contributed by atoms with van der Waals surface area (Å²) in [6.45, 7) is 7.68. The van der Waals surface area contributed by atoms with Crippen LogP contribution in [0, 0.1) is 11.8 Å². The first-order chi connectivity index (χ1) is 13.4. The molecular formula is C21H31N3O4. The molecule has 2 fully saturated rings. The summed E-state index contributed by atoms with van der Waals surface area (Å²) in [6, 6.07) is 8.09. The Labute approximate surface area is 166 Å². The van der Waals surface area contributed by atoms with E-state index in [1.165, 1.54) is 5.56 Å². The molecule has 2 aliphatic rings. The van der Waals surface area contributed by atoms with Crippen molar-refractivity contribution in [1.29, 1.82) is 0 Å². The number of carbonyl (C=O) groups is 2. The van der Waals surface area contributed by atoms with Gasteiger partial charge in [0.25, 0.3) is 0 Å². The number of methoxy groups -OCH3 is 1. The van der Waals surface area contributed by atoms with Crippen molar-refractivity contribution in [3.8, 4) is 5.75 Å². The van der Waals surface area contributed by atoms with Gasteiger partial charge in [-0.05, 0) is 30.0 Å². The molecule has 0 bridgehead atoms. The van der Waals surface area contributed by atoms with Gasteiger partial charge in [-0.15, -0.1) is 0 Å². The van der Waals surface area contributed by atoms with E-state index in [1.807, 2.05) is 21.9 Å². The summed E-state index contributed by atoms with van der Waals surface area (Å²) in [6.07, 6.45) is 0.698. The number of hydrogen-bond acceptors (Lipinski definition) is 5. The summed E-state index contributed by atoms with van der Waals surface area (Å²) in [7, 11) is 1.66. The zero-order chi connectivity index (χ0) is 20.1. The van der Waals surface area contributed by atoms with Crippen molar-refractivity contribution in [2.24, 2.45) is 11.8 Å². The van der Waals surface area contributed by atoms with E-state index in [1.54, 1.807) is 7.11 Å². The fourth-order valence-electron chi connectivity index (χ4n) is 4.21. The summed E-state index contributed by atoms with van der Waals surface area (Å²) in [5.74, 6) is 0.164. The predicted molar refractivity (Wildman–Crippen MR) is 106 cm³/mol. The van der Waals surface area contributed by atoms with Gasteiger partial charge in [-0.2, -0.15) is 0 Å². The fraction of sp³-hybridized carbons (Fsp3) is 0.619. The molecule has 3 rings (SSSR count). The van der Waals surface area contributed by atoms with Crippen LogP contribution in [0.2, 0.25) is 0 Å². The minimum atomic E-state index is -0.754. The van der Waals surface area contributed by atoms with E-state index in [0.717, 1.165) is 45.0 Å². The van der Waals surface area contributed by atoms with E-state index in [-0.39, 0.29) is 11.8 Å². The first-order valence-electron chi connectivity index (χ1n) is 10.0. The van der Waals surface area contributed by atoms with Crippen LogP contribution in [0.25, 0.3) is 0 Å². The van der Waals surface area contributed by atoms with Gasteiger partial charge in [0.05, 0.1) is 19.6 Å². The van der Waals surface area contributed by atoms with Gasteiger partial charge in [-0.25, -0.2) is 0 Å². The number of aliphatic carboxylic acids is 1. The monoisotopic (exact) mass is 389 g/mol. The number of nitrogens with zero attached hydrogens (tertiary/aromatic N) is 3. The van der Waals surface area contributed by atoms with E-state index in [9.17, 15) is 14.7 Å². The predicted octanol–water partition coefficient (Wildman–Crippen LogP) is 1.38. The number of carbonyl (C=O) groups excluding carboxylic acids is 1. The number of likely N-dealkylation sites (tertiary alicyclic amines) is 1. The van der Waals surface area contributed by atoms with Crippen LogP contribution < -0.4 is 4.74 Å². The lowest BCUT2D eigenvalue weighted by atomic mass is 9.90. The fourth-order valence-corrected chi connectivity index (χ4v) is 4.21. The van der Waals surface area contributed by atoms with Gasteiger partial charge < -0.3 is 14.7 Å². The Morgan fingerprint density at radius 2 is 1.75 bits per heavy atom. The maximum atomic E-state index is 12.7. The average molecular weight is 389 g/mol. The van der Waals surface area contributed by atoms with Crippen LogP contribution in [-0.2, 0) is 16.1 Å². The van der Waals surface area contributed by atoms with E-state index < -0.39 is 5.97 Å².